The quantitative estimate of drug-likeness (QED) is 0.566. The molecule has 3 nitrogen and oxygen atoms in total. The first-order valence-corrected chi connectivity index (χ1v) is 4.01. The molecule has 0 spiro atoms. The number of nitrogens with one attached hydrogen (secondary N) is 1. The maximum Gasteiger partial charge on any atom is 0.313 e. The van der Waals surface area contributed by atoms with Crippen molar-refractivity contribution in [1.82, 2.24) is 5.32 Å². The predicted molar refractivity (Wildman–Crippen MR) is 38.2 cm³/mol. The molecule has 1 atom stereocenters. The van der Waals surface area contributed by atoms with Crippen LogP contribution < -0.4 is 11.1 Å². The van der Waals surface area contributed by atoms with E-state index in [-0.39, 0.29) is 5.37 Å². The Morgan fingerprint density at radius 1 is 1.78 bits per heavy atom. The molecule has 0 radical (unpaired) electrons. The Morgan fingerprint density at radius 2 is 2.56 bits per heavy atom. The molecule has 1 rings (SSSR count). The van der Waals surface area contributed by atoms with Crippen molar-refractivity contribution in [3.8, 4) is 0 Å². The van der Waals surface area contributed by atoms with Crippen LogP contribution >= 0.6 is 11.8 Å². The summed E-state index contributed by atoms with van der Waals surface area (Å²) in [6.07, 6.45) is 2.25. The van der Waals surface area contributed by atoms with Gasteiger partial charge in [-0.2, -0.15) is 0 Å². The normalized spacial score (nSPS) is 26.0. The molecule has 1 fully saturated rings. The van der Waals surface area contributed by atoms with Crippen LogP contribution in [0, 0.1) is 0 Å². The van der Waals surface area contributed by atoms with Gasteiger partial charge in [0.25, 0.3) is 0 Å². The van der Waals surface area contributed by atoms with Crippen molar-refractivity contribution in [2.75, 3.05) is 5.75 Å². The van der Waals surface area contributed by atoms with Gasteiger partial charge in [0.15, 0.2) is 0 Å². The predicted octanol–water partition coefficient (Wildman–Crippen LogP) is 0.508. The molecule has 0 aromatic carbocycles. The van der Waals surface area contributed by atoms with E-state index < -0.39 is 6.03 Å². The highest BCUT2D eigenvalue weighted by molar-refractivity contribution is 8.00. The summed E-state index contributed by atoms with van der Waals surface area (Å²) >= 11 is 1.76. The number of amides is 2. The highest BCUT2D eigenvalue weighted by atomic mass is 32.2. The molecule has 0 aromatic rings. The summed E-state index contributed by atoms with van der Waals surface area (Å²) in [5.74, 6) is 1.14. The zero-order valence-electron chi connectivity index (χ0n) is 5.09. The lowest BCUT2D eigenvalue weighted by Crippen LogP contribution is -2.35. The number of rotatable bonds is 1. The van der Waals surface area contributed by atoms with Gasteiger partial charge in [0.1, 0.15) is 0 Å². The molecule has 9 heavy (non-hydrogen) atoms. The maximum absolute atomic E-state index is 10.3. The third kappa shape index (κ3) is 2.13. The van der Waals surface area contributed by atoms with Gasteiger partial charge in [0, 0.05) is 0 Å². The lowest BCUT2D eigenvalue weighted by molar-refractivity contribution is 0.248. The molecular weight excluding hydrogens is 136 g/mol. The Labute approximate surface area is 58.4 Å². The largest absolute Gasteiger partial charge is 0.352 e. The minimum Gasteiger partial charge on any atom is -0.352 e. The Balaban J connectivity index is 2.19. The maximum atomic E-state index is 10.3. The molecule has 4 heteroatoms. The van der Waals surface area contributed by atoms with Gasteiger partial charge in [0.2, 0.25) is 0 Å². The van der Waals surface area contributed by atoms with Gasteiger partial charge in [-0.3, -0.25) is 0 Å². The fourth-order valence-corrected chi connectivity index (χ4v) is 2.00. The third-order valence-corrected chi connectivity index (χ3v) is 2.51. The summed E-state index contributed by atoms with van der Waals surface area (Å²) in [7, 11) is 0. The first kappa shape index (κ1) is 6.74. The number of carbonyl (C=O) groups is 1. The van der Waals surface area contributed by atoms with Crippen LogP contribution in [0.2, 0.25) is 0 Å². The van der Waals surface area contributed by atoms with Crippen LogP contribution in [0.5, 0.6) is 0 Å². The summed E-state index contributed by atoms with van der Waals surface area (Å²) in [6.45, 7) is 0. The molecule has 1 heterocycles. The molecule has 1 aliphatic heterocycles. The van der Waals surface area contributed by atoms with Crippen LogP contribution in [0.1, 0.15) is 12.8 Å². The van der Waals surface area contributed by atoms with Crippen molar-refractivity contribution in [1.29, 1.82) is 0 Å². The minimum atomic E-state index is -0.408. The number of hydrogen-bond acceptors (Lipinski definition) is 2. The van der Waals surface area contributed by atoms with Crippen molar-refractivity contribution in [2.24, 2.45) is 5.73 Å². The van der Waals surface area contributed by atoms with Gasteiger partial charge in [-0.1, -0.05) is 0 Å². The lowest BCUT2D eigenvalue weighted by atomic mass is 10.3. The highest BCUT2D eigenvalue weighted by Crippen LogP contribution is 2.23. The van der Waals surface area contributed by atoms with E-state index in [2.05, 4.69) is 5.32 Å². The van der Waals surface area contributed by atoms with Crippen LogP contribution in [0.3, 0.4) is 0 Å². The number of thioether (sulfide) groups is 1. The second kappa shape index (κ2) is 2.96. The minimum absolute atomic E-state index is 0.280. The Bertz CT molecular complexity index is 112. The van der Waals surface area contributed by atoms with Gasteiger partial charge in [0.05, 0.1) is 5.37 Å². The van der Waals surface area contributed by atoms with Gasteiger partial charge in [-0.15, -0.1) is 11.8 Å². The second-order valence-corrected chi connectivity index (χ2v) is 3.32. The number of carbonyl (C=O) groups excluding carboxylic acids is 1. The van der Waals surface area contributed by atoms with E-state index in [0.717, 1.165) is 12.2 Å². The molecule has 1 unspecified atom stereocenters. The molecule has 0 saturated carbocycles. The van der Waals surface area contributed by atoms with Crippen molar-refractivity contribution in [3.05, 3.63) is 0 Å². The van der Waals surface area contributed by atoms with E-state index in [1.165, 1.54) is 6.42 Å². The standard InChI is InChI=1S/C5H10N2OS/c6-5(8)7-4-2-1-3-9-4/h4H,1-3H2,(H3,6,7,8). The van der Waals surface area contributed by atoms with E-state index in [1.54, 1.807) is 11.8 Å². The van der Waals surface area contributed by atoms with Crippen LogP contribution in [0.4, 0.5) is 4.79 Å². The van der Waals surface area contributed by atoms with Gasteiger partial charge < -0.3 is 11.1 Å². The summed E-state index contributed by atoms with van der Waals surface area (Å²) in [6, 6.07) is -0.408. The van der Waals surface area contributed by atoms with E-state index in [9.17, 15) is 4.79 Å². The number of primary amides is 1. The number of hydrogen-bond donors (Lipinski definition) is 2. The monoisotopic (exact) mass is 146 g/mol. The molecule has 3 N–H and O–H groups in total. The van der Waals surface area contributed by atoms with Crippen LogP contribution in [0.15, 0.2) is 0 Å². The van der Waals surface area contributed by atoms with Crippen LogP contribution in [-0.4, -0.2) is 17.2 Å². The summed E-state index contributed by atoms with van der Waals surface area (Å²) in [5, 5.41) is 2.92. The molecule has 1 aliphatic rings. The molecule has 1 saturated heterocycles. The van der Waals surface area contributed by atoms with Crippen molar-refractivity contribution >= 4 is 17.8 Å². The van der Waals surface area contributed by atoms with Gasteiger partial charge >= 0.3 is 6.03 Å². The summed E-state index contributed by atoms with van der Waals surface area (Å²) < 4.78 is 0. The van der Waals surface area contributed by atoms with Gasteiger partial charge in [-0.05, 0) is 18.6 Å². The zero-order chi connectivity index (χ0) is 6.69. The molecule has 0 aliphatic carbocycles. The van der Waals surface area contributed by atoms with Crippen molar-refractivity contribution < 1.29 is 4.79 Å². The Hall–Kier alpha value is -0.380. The Kier molecular flexibility index (Phi) is 2.22. The first-order valence-electron chi connectivity index (χ1n) is 2.96. The SMILES string of the molecule is NC(=O)NC1CCCS1. The second-order valence-electron chi connectivity index (χ2n) is 2.01. The molecule has 0 aromatic heterocycles. The molecular formula is C5H10N2OS. The highest BCUT2D eigenvalue weighted by Gasteiger charge is 2.15. The van der Waals surface area contributed by atoms with Crippen LogP contribution in [0.25, 0.3) is 0 Å². The third-order valence-electron chi connectivity index (χ3n) is 1.23. The summed E-state index contributed by atoms with van der Waals surface area (Å²) in [5.41, 5.74) is 4.91. The van der Waals surface area contributed by atoms with Gasteiger partial charge in [-0.25, -0.2) is 4.79 Å². The van der Waals surface area contributed by atoms with E-state index >= 15 is 0 Å². The molecule has 52 valence electrons. The zero-order valence-corrected chi connectivity index (χ0v) is 5.91. The number of urea groups is 1. The fourth-order valence-electron chi connectivity index (χ4n) is 0.850. The molecule has 0 bridgehead atoms. The summed E-state index contributed by atoms with van der Waals surface area (Å²) in [4.78, 5) is 10.3. The molecule has 2 amide bonds. The number of nitrogens with two attached hydrogens (primary N) is 1. The first-order chi connectivity index (χ1) is 4.29. The average molecular weight is 146 g/mol. The van der Waals surface area contributed by atoms with Crippen molar-refractivity contribution in [2.45, 2.75) is 18.2 Å². The Morgan fingerprint density at radius 3 is 3.00 bits per heavy atom. The van der Waals surface area contributed by atoms with Crippen LogP contribution in [-0.2, 0) is 0 Å². The smallest absolute Gasteiger partial charge is 0.313 e. The lowest BCUT2D eigenvalue weighted by Gasteiger charge is -2.06. The average Bonchev–Trinajstić information content (AvgIpc) is 2.15. The van der Waals surface area contributed by atoms with Crippen molar-refractivity contribution in [3.63, 3.8) is 0 Å². The van der Waals surface area contributed by atoms with E-state index in [1.807, 2.05) is 0 Å². The van der Waals surface area contributed by atoms with E-state index in [4.69, 9.17) is 5.73 Å². The fraction of sp³-hybridized carbons (Fsp3) is 0.800. The van der Waals surface area contributed by atoms with E-state index in [0.29, 0.717) is 0 Å². The topological polar surface area (TPSA) is 55.1 Å².